The number of hydrogen-bond acceptors (Lipinski definition) is 5. The molecule has 6 heteroatoms. The van der Waals surface area contributed by atoms with Crippen LogP contribution in [-0.2, 0) is 0 Å². The lowest BCUT2D eigenvalue weighted by atomic mass is 10.3. The number of phenols is 2. The van der Waals surface area contributed by atoms with E-state index in [1.54, 1.807) is 0 Å². The van der Waals surface area contributed by atoms with Gasteiger partial charge in [-0.3, -0.25) is 0 Å². The molecule has 0 unspecified atom stereocenters. The van der Waals surface area contributed by atoms with Gasteiger partial charge >= 0.3 is 0 Å². The third-order valence-corrected chi connectivity index (χ3v) is 2.69. The molecule has 0 saturated heterocycles. The van der Waals surface area contributed by atoms with Crippen molar-refractivity contribution in [2.45, 2.75) is 5.60 Å². The van der Waals surface area contributed by atoms with Crippen molar-refractivity contribution in [2.75, 3.05) is 0 Å². The number of rotatable bonds is 2. The molecule has 5 N–H and O–H groups in total. The second-order valence-electron chi connectivity index (χ2n) is 2.81. The summed E-state index contributed by atoms with van der Waals surface area (Å²) in [5.41, 5.74) is -2.69. The molecule has 0 saturated carbocycles. The van der Waals surface area contributed by atoms with Gasteiger partial charge in [-0.25, -0.2) is 0 Å². The topological polar surface area (TPSA) is 101 Å². The van der Waals surface area contributed by atoms with E-state index >= 15 is 0 Å². The fourth-order valence-corrected chi connectivity index (χ4v) is 2.20. The molecule has 0 radical (unpaired) electrons. The van der Waals surface area contributed by atoms with Crippen LogP contribution in [0.3, 0.4) is 0 Å². The summed E-state index contributed by atoms with van der Waals surface area (Å²) in [7, 11) is -1.77. The first-order chi connectivity index (χ1) is 5.87. The van der Waals surface area contributed by atoms with Gasteiger partial charge in [0.05, 0.1) is 0 Å². The Labute approximate surface area is 76.3 Å². The Hall–Kier alpha value is -1.08. The molecule has 0 aliphatic heterocycles. The molecule has 0 aromatic heterocycles. The molecule has 0 amide bonds. The first-order valence-electron chi connectivity index (χ1n) is 3.56. The van der Waals surface area contributed by atoms with Gasteiger partial charge < -0.3 is 25.5 Å². The van der Waals surface area contributed by atoms with E-state index in [1.807, 2.05) is 0 Å². The fraction of sp³-hybridized carbons (Fsp3) is 0.143. The van der Waals surface area contributed by atoms with Gasteiger partial charge in [0.15, 0.2) is 9.52 Å². The first kappa shape index (κ1) is 10.0. The monoisotopic (exact) mass is 202 g/mol. The lowest BCUT2D eigenvalue weighted by molar-refractivity contribution is -0.245. The highest BCUT2D eigenvalue weighted by atomic mass is 28.2. The van der Waals surface area contributed by atoms with Gasteiger partial charge in [0.25, 0.3) is 0 Å². The maximum atomic E-state index is 9.01. The van der Waals surface area contributed by atoms with Crippen molar-refractivity contribution in [3.63, 3.8) is 0 Å². The fourth-order valence-electron chi connectivity index (χ4n) is 1.03. The molecule has 0 fully saturated rings. The average molecular weight is 202 g/mol. The smallest absolute Gasteiger partial charge is 0.246 e. The number of aliphatic hydroxyl groups is 3. The molecule has 0 aliphatic rings. The van der Waals surface area contributed by atoms with Crippen molar-refractivity contribution in [1.29, 1.82) is 0 Å². The summed E-state index contributed by atoms with van der Waals surface area (Å²) in [6.45, 7) is 0. The molecule has 0 aliphatic carbocycles. The summed E-state index contributed by atoms with van der Waals surface area (Å²) >= 11 is 0. The summed E-state index contributed by atoms with van der Waals surface area (Å²) in [5.74, 6) is -0.349. The third-order valence-electron chi connectivity index (χ3n) is 1.40. The summed E-state index contributed by atoms with van der Waals surface area (Å²) in [6, 6.07) is 3.65. The van der Waals surface area contributed by atoms with Gasteiger partial charge in [-0.15, -0.1) is 0 Å². The van der Waals surface area contributed by atoms with Crippen LogP contribution >= 0.6 is 0 Å². The van der Waals surface area contributed by atoms with Crippen LogP contribution in [0.15, 0.2) is 18.2 Å². The zero-order valence-corrected chi connectivity index (χ0v) is 8.09. The second kappa shape index (κ2) is 3.34. The molecule has 1 aromatic carbocycles. The van der Waals surface area contributed by atoms with Crippen LogP contribution in [0.2, 0.25) is 0 Å². The van der Waals surface area contributed by atoms with Gasteiger partial charge in [-0.05, 0) is 12.1 Å². The van der Waals surface area contributed by atoms with E-state index in [9.17, 15) is 0 Å². The van der Waals surface area contributed by atoms with E-state index < -0.39 is 15.1 Å². The van der Waals surface area contributed by atoms with Crippen molar-refractivity contribution in [1.82, 2.24) is 0 Å². The Morgan fingerprint density at radius 3 is 1.77 bits per heavy atom. The van der Waals surface area contributed by atoms with Crippen LogP contribution in [0.25, 0.3) is 0 Å². The van der Waals surface area contributed by atoms with E-state index in [0.717, 1.165) is 6.07 Å². The quantitative estimate of drug-likeness (QED) is 0.269. The maximum Gasteiger partial charge on any atom is 0.246 e. The highest BCUT2D eigenvalue weighted by Crippen LogP contribution is 2.14. The zero-order valence-electron chi connectivity index (χ0n) is 6.68. The molecule has 1 rings (SSSR count). The highest BCUT2D eigenvalue weighted by molar-refractivity contribution is 6.55. The van der Waals surface area contributed by atoms with Crippen LogP contribution < -0.4 is 5.19 Å². The van der Waals surface area contributed by atoms with Gasteiger partial charge in [0.1, 0.15) is 11.5 Å². The van der Waals surface area contributed by atoms with Crippen LogP contribution in [0.4, 0.5) is 0 Å². The van der Waals surface area contributed by atoms with Crippen molar-refractivity contribution < 1.29 is 25.5 Å². The van der Waals surface area contributed by atoms with Crippen molar-refractivity contribution in [3.05, 3.63) is 18.2 Å². The van der Waals surface area contributed by atoms with Crippen LogP contribution in [0.1, 0.15) is 0 Å². The first-order valence-corrected chi connectivity index (χ1v) is 4.97. The van der Waals surface area contributed by atoms with E-state index in [2.05, 4.69) is 0 Å². The average Bonchev–Trinajstić information content (AvgIpc) is 1.78. The van der Waals surface area contributed by atoms with Gasteiger partial charge in [0.2, 0.25) is 5.60 Å². The summed E-state index contributed by atoms with van der Waals surface area (Å²) in [5, 5.41) is 44.4. The Kier molecular flexibility index (Phi) is 2.57. The highest BCUT2D eigenvalue weighted by Gasteiger charge is 2.20. The van der Waals surface area contributed by atoms with Gasteiger partial charge in [-0.1, -0.05) is 5.19 Å². The predicted molar refractivity (Wildman–Crippen MR) is 47.3 cm³/mol. The van der Waals surface area contributed by atoms with Crippen LogP contribution in [0, 0.1) is 0 Å². The number of phenolic OH excluding ortho intramolecular Hbond substituents is 2. The largest absolute Gasteiger partial charge is 0.508 e. The lowest BCUT2D eigenvalue weighted by Gasteiger charge is -2.13. The molecule has 1 aromatic rings. The predicted octanol–water partition coefficient (Wildman–Crippen LogP) is -2.52. The molecule has 72 valence electrons. The summed E-state index contributed by atoms with van der Waals surface area (Å²) in [6.07, 6.45) is 0. The molecule has 0 heterocycles. The summed E-state index contributed by atoms with van der Waals surface area (Å²) in [4.78, 5) is 0. The number of hydrogen-bond donors (Lipinski definition) is 5. The Balaban J connectivity index is 2.90. The summed E-state index contributed by atoms with van der Waals surface area (Å²) < 4.78 is 0. The van der Waals surface area contributed by atoms with Crippen molar-refractivity contribution in [2.24, 2.45) is 0 Å². The minimum atomic E-state index is -2.69. The maximum absolute atomic E-state index is 9.01. The Morgan fingerprint density at radius 2 is 1.38 bits per heavy atom. The number of benzene rings is 1. The molecular weight excluding hydrogens is 192 g/mol. The van der Waals surface area contributed by atoms with Crippen LogP contribution in [-0.4, -0.2) is 40.6 Å². The second-order valence-corrected chi connectivity index (χ2v) is 4.93. The molecule has 0 atom stereocenters. The zero-order chi connectivity index (χ0) is 10.1. The minimum absolute atomic E-state index is 0.174. The molecule has 5 nitrogen and oxygen atoms in total. The van der Waals surface area contributed by atoms with Gasteiger partial charge in [0, 0.05) is 6.07 Å². The van der Waals surface area contributed by atoms with E-state index in [0.29, 0.717) is 5.19 Å². The van der Waals surface area contributed by atoms with E-state index in [1.165, 1.54) is 12.1 Å². The third kappa shape index (κ3) is 3.43. The standard InChI is InChI=1S/C7H10O5Si/c8-4-1-5(9)3-6(2-4)13-7(10,11)12/h1-3,8-12H,13H2. The molecule has 13 heavy (non-hydrogen) atoms. The van der Waals surface area contributed by atoms with E-state index in [4.69, 9.17) is 25.5 Å². The van der Waals surface area contributed by atoms with Crippen molar-refractivity contribution >= 4 is 14.7 Å². The van der Waals surface area contributed by atoms with Crippen molar-refractivity contribution in [3.8, 4) is 11.5 Å². The van der Waals surface area contributed by atoms with E-state index in [-0.39, 0.29) is 11.5 Å². The van der Waals surface area contributed by atoms with Crippen LogP contribution in [0.5, 0.6) is 11.5 Å². The Morgan fingerprint density at radius 1 is 0.923 bits per heavy atom. The molecule has 0 bridgehead atoms. The van der Waals surface area contributed by atoms with Gasteiger partial charge in [-0.2, -0.15) is 0 Å². The Bertz CT molecular complexity index is 286. The lowest BCUT2D eigenvalue weighted by Crippen LogP contribution is -2.41. The molecular formula is C7H10O5Si. The molecule has 0 spiro atoms. The minimum Gasteiger partial charge on any atom is -0.508 e. The normalized spacial score (nSPS) is 12.5. The SMILES string of the molecule is Oc1cc(O)cc([SiH2]C(O)(O)O)c1. The number of aromatic hydroxyl groups is 2.